The molecule has 0 radical (unpaired) electrons. The number of amides is 4. The van der Waals surface area contributed by atoms with E-state index in [1.165, 1.54) is 13.8 Å². The van der Waals surface area contributed by atoms with E-state index in [9.17, 15) is 28.8 Å². The predicted molar refractivity (Wildman–Crippen MR) is 82.8 cm³/mol. The number of nitrogens with one attached hydrogen (secondary N) is 2. The molecule has 10 nitrogen and oxygen atoms in total. The summed E-state index contributed by atoms with van der Waals surface area (Å²) in [5.41, 5.74) is -0.843. The largest absolute Gasteiger partial charge is 0.478 e. The summed E-state index contributed by atoms with van der Waals surface area (Å²) >= 11 is 0. The number of carboxylic acid groups (broad SMARTS) is 2. The van der Waals surface area contributed by atoms with Crippen molar-refractivity contribution in [3.05, 3.63) is 35.5 Å². The van der Waals surface area contributed by atoms with Crippen LogP contribution in [-0.4, -0.2) is 45.8 Å². The molecule has 0 aliphatic carbocycles. The van der Waals surface area contributed by atoms with Gasteiger partial charge in [0, 0.05) is 28.9 Å². The molecule has 0 atom stereocenters. The Morgan fingerprint density at radius 3 is 1.60 bits per heavy atom. The molecule has 10 heteroatoms. The van der Waals surface area contributed by atoms with Crippen LogP contribution in [0.4, 0.5) is 0 Å². The van der Waals surface area contributed by atoms with Crippen molar-refractivity contribution in [2.45, 2.75) is 20.3 Å². The summed E-state index contributed by atoms with van der Waals surface area (Å²) in [6, 6.07) is 0. The molecule has 0 spiro atoms. The summed E-state index contributed by atoms with van der Waals surface area (Å²) in [6.07, 6.45) is 0.557. The average molecular weight is 352 g/mol. The second kappa shape index (κ2) is 9.55. The maximum Gasteiger partial charge on any atom is 0.328 e. The van der Waals surface area contributed by atoms with Crippen molar-refractivity contribution in [2.24, 2.45) is 0 Å². The summed E-state index contributed by atoms with van der Waals surface area (Å²) < 4.78 is 0. The van der Waals surface area contributed by atoms with E-state index in [4.69, 9.17) is 10.2 Å². The number of rotatable bonds is 7. The van der Waals surface area contributed by atoms with Crippen LogP contribution >= 0.6 is 0 Å². The zero-order valence-corrected chi connectivity index (χ0v) is 13.4. The fraction of sp³-hybridized carbons (Fsp3) is 0.200. The first kappa shape index (κ1) is 21.4. The first-order valence-electron chi connectivity index (χ1n) is 6.64. The summed E-state index contributed by atoms with van der Waals surface area (Å²) in [5.74, 6) is -6.65. The van der Waals surface area contributed by atoms with Gasteiger partial charge in [-0.1, -0.05) is 6.58 Å². The zero-order valence-electron chi connectivity index (χ0n) is 13.4. The molecule has 0 unspecified atom stereocenters. The molecule has 0 heterocycles. The lowest BCUT2D eigenvalue weighted by Crippen LogP contribution is -2.35. The molecule has 4 amide bonds. The molecule has 0 aromatic heterocycles. The molecule has 0 fully saturated rings. The van der Waals surface area contributed by atoms with Gasteiger partial charge in [-0.15, -0.1) is 0 Å². The van der Waals surface area contributed by atoms with Crippen molar-refractivity contribution in [2.75, 3.05) is 0 Å². The summed E-state index contributed by atoms with van der Waals surface area (Å²) in [4.78, 5) is 67.1. The van der Waals surface area contributed by atoms with Crippen LogP contribution in [0.2, 0.25) is 0 Å². The van der Waals surface area contributed by atoms with E-state index in [0.29, 0.717) is 12.2 Å². The molecule has 0 rings (SSSR count). The number of hydrogen-bond donors (Lipinski definition) is 4. The first-order chi connectivity index (χ1) is 11.4. The van der Waals surface area contributed by atoms with E-state index in [1.54, 1.807) is 0 Å². The van der Waals surface area contributed by atoms with Gasteiger partial charge < -0.3 is 10.2 Å². The Morgan fingerprint density at radius 1 is 0.800 bits per heavy atom. The molecule has 0 aliphatic rings. The highest BCUT2D eigenvalue weighted by Crippen LogP contribution is 2.01. The van der Waals surface area contributed by atoms with Gasteiger partial charge in [0.25, 0.3) is 17.7 Å². The van der Waals surface area contributed by atoms with Crippen molar-refractivity contribution in [1.29, 1.82) is 0 Å². The fourth-order valence-corrected chi connectivity index (χ4v) is 1.34. The Labute approximate surface area is 141 Å². The standard InChI is InChI=1S/C15H16N2O8/c1-7(14(24)17-15(25)9(3)6-12(21)22)4-10(18)16-13(23)8(2)5-11(19)20/h5-6H,1,4H2,2-3H3,(H,19,20)(H,21,22)(H,16,18,23)(H,17,24,25)/b8-5-,9-6-. The molecule has 4 N–H and O–H groups in total. The average Bonchev–Trinajstić information content (AvgIpc) is 2.45. The van der Waals surface area contributed by atoms with Crippen LogP contribution < -0.4 is 10.6 Å². The van der Waals surface area contributed by atoms with Crippen LogP contribution in [0, 0.1) is 0 Å². The highest BCUT2D eigenvalue weighted by molar-refractivity contribution is 6.13. The van der Waals surface area contributed by atoms with E-state index in [0.717, 1.165) is 0 Å². The zero-order chi connectivity index (χ0) is 19.7. The number of imide groups is 2. The monoisotopic (exact) mass is 352 g/mol. The minimum Gasteiger partial charge on any atom is -0.478 e. The van der Waals surface area contributed by atoms with Crippen LogP contribution in [0.15, 0.2) is 35.5 Å². The van der Waals surface area contributed by atoms with Crippen molar-refractivity contribution in [1.82, 2.24) is 10.6 Å². The second-order valence-corrected chi connectivity index (χ2v) is 4.77. The molecule has 25 heavy (non-hydrogen) atoms. The maximum absolute atomic E-state index is 11.7. The SMILES string of the molecule is C=C(CC(=O)NC(=O)/C(C)=C\C(=O)O)C(=O)NC(=O)/C(C)=C\C(=O)O. The normalized spacial score (nSPS) is 11.3. The first-order valence-corrected chi connectivity index (χ1v) is 6.64. The predicted octanol–water partition coefficient (Wildman–Crippen LogP) is -0.720. The van der Waals surface area contributed by atoms with E-state index >= 15 is 0 Å². The quantitative estimate of drug-likeness (QED) is 0.435. The lowest BCUT2D eigenvalue weighted by Gasteiger charge is -2.07. The molecule has 134 valence electrons. The fourth-order valence-electron chi connectivity index (χ4n) is 1.34. The van der Waals surface area contributed by atoms with Gasteiger partial charge in [-0.05, 0) is 13.8 Å². The molecule has 0 aromatic rings. The van der Waals surface area contributed by atoms with E-state index in [2.05, 4.69) is 6.58 Å². The lowest BCUT2D eigenvalue weighted by molar-refractivity contribution is -0.133. The third kappa shape index (κ3) is 8.59. The number of hydrogen-bond acceptors (Lipinski definition) is 6. The van der Waals surface area contributed by atoms with E-state index in [1.807, 2.05) is 10.6 Å². The van der Waals surface area contributed by atoms with Gasteiger partial charge in [0.05, 0.1) is 6.42 Å². The van der Waals surface area contributed by atoms with Gasteiger partial charge in [-0.3, -0.25) is 29.8 Å². The molecule has 0 saturated carbocycles. The second-order valence-electron chi connectivity index (χ2n) is 4.77. The summed E-state index contributed by atoms with van der Waals surface area (Å²) in [7, 11) is 0. The van der Waals surface area contributed by atoms with Gasteiger partial charge in [0.15, 0.2) is 0 Å². The molecule has 0 aromatic carbocycles. The van der Waals surface area contributed by atoms with Gasteiger partial charge >= 0.3 is 11.9 Å². The Morgan fingerprint density at radius 2 is 1.20 bits per heavy atom. The highest BCUT2D eigenvalue weighted by Gasteiger charge is 2.18. The minimum absolute atomic E-state index is 0.236. The van der Waals surface area contributed by atoms with Crippen LogP contribution in [0.3, 0.4) is 0 Å². The van der Waals surface area contributed by atoms with Crippen LogP contribution in [0.1, 0.15) is 20.3 Å². The molecule has 0 aliphatic heterocycles. The van der Waals surface area contributed by atoms with Crippen molar-refractivity contribution < 1.29 is 39.0 Å². The number of carbonyl (C=O) groups is 6. The Balaban J connectivity index is 4.68. The Hall–Kier alpha value is -3.56. The molecule has 0 bridgehead atoms. The highest BCUT2D eigenvalue weighted by atomic mass is 16.4. The smallest absolute Gasteiger partial charge is 0.328 e. The van der Waals surface area contributed by atoms with Crippen molar-refractivity contribution >= 4 is 35.6 Å². The number of carbonyl (C=O) groups excluding carboxylic acids is 4. The van der Waals surface area contributed by atoms with Gasteiger partial charge in [0.1, 0.15) is 0 Å². The third-order valence-corrected chi connectivity index (χ3v) is 2.57. The van der Waals surface area contributed by atoms with Crippen LogP contribution in [0.5, 0.6) is 0 Å². The van der Waals surface area contributed by atoms with E-state index < -0.39 is 42.0 Å². The topological polar surface area (TPSA) is 167 Å². The van der Waals surface area contributed by atoms with Gasteiger partial charge in [-0.2, -0.15) is 0 Å². The van der Waals surface area contributed by atoms with Crippen LogP contribution in [0.25, 0.3) is 0 Å². The third-order valence-electron chi connectivity index (χ3n) is 2.57. The Kier molecular flexibility index (Phi) is 8.19. The molecular formula is C15H16N2O8. The van der Waals surface area contributed by atoms with E-state index in [-0.39, 0.29) is 16.7 Å². The summed E-state index contributed by atoms with van der Waals surface area (Å²) in [6.45, 7) is 5.63. The van der Waals surface area contributed by atoms with Gasteiger partial charge in [0.2, 0.25) is 5.91 Å². The lowest BCUT2D eigenvalue weighted by atomic mass is 10.1. The Bertz CT molecular complexity index is 715. The minimum atomic E-state index is -1.37. The van der Waals surface area contributed by atoms with Crippen LogP contribution in [-0.2, 0) is 28.8 Å². The van der Waals surface area contributed by atoms with Crippen molar-refractivity contribution in [3.63, 3.8) is 0 Å². The molecule has 0 saturated heterocycles. The number of aliphatic carboxylic acids is 2. The van der Waals surface area contributed by atoms with Crippen molar-refractivity contribution in [3.8, 4) is 0 Å². The molecular weight excluding hydrogens is 336 g/mol. The maximum atomic E-state index is 11.7. The summed E-state index contributed by atoms with van der Waals surface area (Å²) in [5, 5.41) is 20.7. The number of carboxylic acids is 2. The van der Waals surface area contributed by atoms with Gasteiger partial charge in [-0.25, -0.2) is 9.59 Å².